The molecule has 0 radical (unpaired) electrons. The largest absolute Gasteiger partial charge is 0.380 e. The summed E-state index contributed by atoms with van der Waals surface area (Å²) >= 11 is 0. The number of hydrogen-bond acceptors (Lipinski definition) is 3. The molecule has 0 spiro atoms. The highest BCUT2D eigenvalue weighted by atomic mass is 16.3. The summed E-state index contributed by atoms with van der Waals surface area (Å²) in [5.41, 5.74) is -1.20. The molecule has 1 atom stereocenters. The van der Waals surface area contributed by atoms with E-state index in [0.29, 0.717) is 32.4 Å². The van der Waals surface area contributed by atoms with Crippen LogP contribution in [-0.4, -0.2) is 40.4 Å². The molecule has 1 fully saturated rings. The molecular weight excluding hydrogens is 194 g/mol. The third kappa shape index (κ3) is 3.30. The van der Waals surface area contributed by atoms with Gasteiger partial charge >= 0.3 is 0 Å². The van der Waals surface area contributed by atoms with E-state index in [9.17, 15) is 14.7 Å². The number of amides is 1. The molecule has 0 aromatic heterocycles. The number of rotatable bonds is 4. The zero-order chi connectivity index (χ0) is 11.5. The van der Waals surface area contributed by atoms with Crippen molar-refractivity contribution in [3.8, 4) is 0 Å². The van der Waals surface area contributed by atoms with E-state index in [2.05, 4.69) is 0 Å². The second-order valence-corrected chi connectivity index (χ2v) is 4.48. The average Bonchev–Trinajstić information content (AvgIpc) is 2.12. The molecule has 1 amide bonds. The number of carbonyl (C=O) groups is 2. The number of hydrogen-bond donors (Lipinski definition) is 1. The highest BCUT2D eigenvalue weighted by Crippen LogP contribution is 2.21. The normalized spacial score (nSPS) is 26.9. The first-order valence-corrected chi connectivity index (χ1v) is 5.45. The van der Waals surface area contributed by atoms with Gasteiger partial charge in [0.15, 0.2) is 0 Å². The second-order valence-electron chi connectivity index (χ2n) is 4.48. The van der Waals surface area contributed by atoms with Crippen molar-refractivity contribution in [2.45, 2.75) is 45.1 Å². The predicted molar refractivity (Wildman–Crippen MR) is 56.4 cm³/mol. The Balaban J connectivity index is 2.41. The van der Waals surface area contributed by atoms with E-state index in [1.165, 1.54) is 0 Å². The Morgan fingerprint density at radius 1 is 1.60 bits per heavy atom. The van der Waals surface area contributed by atoms with Gasteiger partial charge in [0.2, 0.25) is 0 Å². The topological polar surface area (TPSA) is 57.6 Å². The van der Waals surface area contributed by atoms with Crippen LogP contribution in [-0.2, 0) is 9.59 Å². The SMILES string of the molecule is CC(=O)CCCN1CCCC(C)(O)C1=O. The van der Waals surface area contributed by atoms with Crippen molar-refractivity contribution in [1.82, 2.24) is 4.90 Å². The number of nitrogens with zero attached hydrogens (tertiary/aromatic N) is 1. The van der Waals surface area contributed by atoms with Gasteiger partial charge in [0, 0.05) is 19.5 Å². The second kappa shape index (κ2) is 4.75. The van der Waals surface area contributed by atoms with E-state index in [0.717, 1.165) is 6.42 Å². The molecular formula is C11H19NO3. The van der Waals surface area contributed by atoms with Crippen molar-refractivity contribution in [2.24, 2.45) is 0 Å². The molecule has 0 aromatic carbocycles. The van der Waals surface area contributed by atoms with E-state index in [1.54, 1.807) is 18.7 Å². The molecule has 1 aliphatic rings. The molecule has 1 rings (SSSR count). The van der Waals surface area contributed by atoms with Gasteiger partial charge in [-0.25, -0.2) is 0 Å². The lowest BCUT2D eigenvalue weighted by atomic mass is 9.94. The Hall–Kier alpha value is -0.900. The Morgan fingerprint density at radius 2 is 2.27 bits per heavy atom. The molecule has 15 heavy (non-hydrogen) atoms. The van der Waals surface area contributed by atoms with Gasteiger partial charge < -0.3 is 14.8 Å². The summed E-state index contributed by atoms with van der Waals surface area (Å²) < 4.78 is 0. The van der Waals surface area contributed by atoms with Crippen LogP contribution in [0, 0.1) is 0 Å². The number of piperidine rings is 1. The minimum Gasteiger partial charge on any atom is -0.380 e. The molecule has 0 aliphatic carbocycles. The summed E-state index contributed by atoms with van der Waals surface area (Å²) in [4.78, 5) is 24.1. The summed E-state index contributed by atoms with van der Waals surface area (Å²) in [7, 11) is 0. The fourth-order valence-corrected chi connectivity index (χ4v) is 1.90. The smallest absolute Gasteiger partial charge is 0.254 e. The third-order valence-electron chi connectivity index (χ3n) is 2.80. The number of likely N-dealkylation sites (tertiary alicyclic amines) is 1. The highest BCUT2D eigenvalue weighted by Gasteiger charge is 2.37. The summed E-state index contributed by atoms with van der Waals surface area (Å²) in [6, 6.07) is 0. The molecule has 1 N–H and O–H groups in total. The summed E-state index contributed by atoms with van der Waals surface area (Å²) in [5.74, 6) is -0.0523. The van der Waals surface area contributed by atoms with Crippen LogP contribution >= 0.6 is 0 Å². The first-order valence-electron chi connectivity index (χ1n) is 5.45. The van der Waals surface area contributed by atoms with Crippen LogP contribution in [0.3, 0.4) is 0 Å². The fourth-order valence-electron chi connectivity index (χ4n) is 1.90. The van der Waals surface area contributed by atoms with Crippen molar-refractivity contribution < 1.29 is 14.7 Å². The van der Waals surface area contributed by atoms with Gasteiger partial charge in [0.25, 0.3) is 5.91 Å². The van der Waals surface area contributed by atoms with Gasteiger partial charge in [-0.2, -0.15) is 0 Å². The minimum absolute atomic E-state index is 0.145. The zero-order valence-electron chi connectivity index (χ0n) is 9.45. The van der Waals surface area contributed by atoms with E-state index >= 15 is 0 Å². The maximum atomic E-state index is 11.7. The average molecular weight is 213 g/mol. The highest BCUT2D eigenvalue weighted by molar-refractivity contribution is 5.85. The van der Waals surface area contributed by atoms with Gasteiger partial charge in [-0.1, -0.05) is 0 Å². The Kier molecular flexibility index (Phi) is 3.85. The Labute approximate surface area is 90.3 Å². The molecule has 0 saturated carbocycles. The van der Waals surface area contributed by atoms with Crippen LogP contribution in [0.5, 0.6) is 0 Å². The van der Waals surface area contributed by atoms with Crippen LogP contribution in [0.25, 0.3) is 0 Å². The lowest BCUT2D eigenvalue weighted by Gasteiger charge is -2.35. The van der Waals surface area contributed by atoms with Crippen molar-refractivity contribution >= 4 is 11.7 Å². The van der Waals surface area contributed by atoms with Crippen LogP contribution in [0.1, 0.15) is 39.5 Å². The maximum Gasteiger partial charge on any atom is 0.254 e. The quantitative estimate of drug-likeness (QED) is 0.749. The number of aliphatic hydroxyl groups is 1. The van der Waals surface area contributed by atoms with Crippen LogP contribution in [0.2, 0.25) is 0 Å². The van der Waals surface area contributed by atoms with E-state index < -0.39 is 5.60 Å². The van der Waals surface area contributed by atoms with Crippen molar-refractivity contribution in [3.63, 3.8) is 0 Å². The summed E-state index contributed by atoms with van der Waals surface area (Å²) in [6.07, 6.45) is 2.57. The molecule has 1 unspecified atom stereocenters. The van der Waals surface area contributed by atoms with Gasteiger partial charge in [-0.3, -0.25) is 4.79 Å². The Bertz CT molecular complexity index is 261. The summed E-state index contributed by atoms with van der Waals surface area (Å²) in [6.45, 7) is 4.39. The molecule has 1 saturated heterocycles. The lowest BCUT2D eigenvalue weighted by molar-refractivity contribution is -0.155. The molecule has 4 nitrogen and oxygen atoms in total. The van der Waals surface area contributed by atoms with Crippen molar-refractivity contribution in [2.75, 3.05) is 13.1 Å². The van der Waals surface area contributed by atoms with E-state index in [4.69, 9.17) is 0 Å². The molecule has 0 aromatic rings. The molecule has 4 heteroatoms. The number of ketones is 1. The monoisotopic (exact) mass is 213 g/mol. The fraction of sp³-hybridized carbons (Fsp3) is 0.818. The maximum absolute atomic E-state index is 11.7. The standard InChI is InChI=1S/C11H19NO3/c1-9(13)5-3-7-12-8-4-6-11(2,15)10(12)14/h15H,3-8H2,1-2H3. The summed E-state index contributed by atoms with van der Waals surface area (Å²) in [5, 5.41) is 9.76. The first kappa shape index (κ1) is 12.2. The van der Waals surface area contributed by atoms with Crippen LogP contribution in [0.4, 0.5) is 0 Å². The zero-order valence-corrected chi connectivity index (χ0v) is 9.45. The molecule has 1 aliphatic heterocycles. The lowest BCUT2D eigenvalue weighted by Crippen LogP contribution is -2.51. The molecule has 1 heterocycles. The Morgan fingerprint density at radius 3 is 2.87 bits per heavy atom. The van der Waals surface area contributed by atoms with Gasteiger partial charge in [0.1, 0.15) is 11.4 Å². The molecule has 86 valence electrons. The molecule has 0 bridgehead atoms. The van der Waals surface area contributed by atoms with E-state index in [1.807, 2.05) is 0 Å². The van der Waals surface area contributed by atoms with Gasteiger partial charge in [-0.05, 0) is 33.1 Å². The van der Waals surface area contributed by atoms with Crippen molar-refractivity contribution in [1.29, 1.82) is 0 Å². The van der Waals surface area contributed by atoms with Gasteiger partial charge in [-0.15, -0.1) is 0 Å². The number of Topliss-reactive ketones (excluding diaryl/α,β-unsaturated/α-hetero) is 1. The van der Waals surface area contributed by atoms with Crippen molar-refractivity contribution in [3.05, 3.63) is 0 Å². The van der Waals surface area contributed by atoms with E-state index in [-0.39, 0.29) is 11.7 Å². The predicted octanol–water partition coefficient (Wildman–Crippen LogP) is 0.729. The first-order chi connectivity index (χ1) is 6.93. The van der Waals surface area contributed by atoms with Gasteiger partial charge in [0.05, 0.1) is 0 Å². The van der Waals surface area contributed by atoms with Crippen LogP contribution < -0.4 is 0 Å². The van der Waals surface area contributed by atoms with Crippen LogP contribution in [0.15, 0.2) is 0 Å². The number of carbonyl (C=O) groups excluding carboxylic acids is 2. The minimum atomic E-state index is -1.20. The third-order valence-corrected chi connectivity index (χ3v) is 2.80.